The molecule has 0 aromatic heterocycles. The number of allylic oxidation sites excluding steroid dienone is 1. The highest BCUT2D eigenvalue weighted by Gasteiger charge is 2.19. The average Bonchev–Trinajstić information content (AvgIpc) is 2.55. The molecule has 25 heavy (non-hydrogen) atoms. The van der Waals surface area contributed by atoms with Crippen molar-refractivity contribution in [3.05, 3.63) is 76.3 Å². The molecule has 1 N–H and O–H groups in total. The predicted molar refractivity (Wildman–Crippen MR) is 89.1 cm³/mol. The number of amides is 2. The number of oxime groups is 1. The van der Waals surface area contributed by atoms with E-state index < -0.39 is 29.2 Å². The third kappa shape index (κ3) is 5.50. The van der Waals surface area contributed by atoms with Crippen molar-refractivity contribution >= 4 is 35.9 Å². The molecule has 0 radical (unpaired) electrons. The Bertz CT molecular complexity index is 819. The molecule has 0 heterocycles. The lowest BCUT2D eigenvalue weighted by atomic mass is 10.2. The van der Waals surface area contributed by atoms with Crippen LogP contribution in [0.25, 0.3) is 6.08 Å². The second-order valence-electron chi connectivity index (χ2n) is 4.60. The zero-order valence-corrected chi connectivity index (χ0v) is 13.3. The monoisotopic (exact) mass is 364 g/mol. The Morgan fingerprint density at radius 1 is 1.04 bits per heavy atom. The number of nitrogens with one attached hydrogen (secondary N) is 1. The lowest BCUT2D eigenvalue weighted by Crippen LogP contribution is -2.31. The van der Waals surface area contributed by atoms with Gasteiger partial charge in [-0.3, -0.25) is 14.9 Å². The summed E-state index contributed by atoms with van der Waals surface area (Å²) in [6.45, 7) is 0. The van der Waals surface area contributed by atoms with Crippen LogP contribution in [0.2, 0.25) is 0 Å². The Hall–Kier alpha value is -3.06. The maximum Gasteiger partial charge on any atom is 0.440 e. The van der Waals surface area contributed by atoms with E-state index in [2.05, 4.69) is 9.99 Å². The highest BCUT2D eigenvalue weighted by atomic mass is 35.5. The van der Waals surface area contributed by atoms with Crippen molar-refractivity contribution in [2.45, 2.75) is 0 Å². The van der Waals surface area contributed by atoms with Crippen LogP contribution in [-0.4, -0.2) is 18.2 Å². The van der Waals surface area contributed by atoms with Crippen LogP contribution in [0.4, 0.5) is 13.6 Å². The van der Waals surface area contributed by atoms with Crippen LogP contribution in [0, 0.1) is 11.6 Å². The quantitative estimate of drug-likeness (QED) is 0.504. The molecular weight excluding hydrogens is 354 g/mol. The topological polar surface area (TPSA) is 67.8 Å². The van der Waals surface area contributed by atoms with E-state index in [1.54, 1.807) is 23.5 Å². The molecule has 8 heteroatoms. The maximum atomic E-state index is 13.4. The minimum atomic E-state index is -1.31. The first-order valence-electron chi connectivity index (χ1n) is 6.89. The number of carbonyl (C=O) groups is 2. The van der Waals surface area contributed by atoms with Gasteiger partial charge in [-0.15, -0.1) is 0 Å². The first kappa shape index (κ1) is 18.3. The average molecular weight is 365 g/mol. The minimum Gasteiger partial charge on any atom is -0.298 e. The van der Waals surface area contributed by atoms with E-state index in [0.717, 1.165) is 30.0 Å². The third-order valence-electron chi connectivity index (χ3n) is 2.82. The van der Waals surface area contributed by atoms with Gasteiger partial charge >= 0.3 is 6.09 Å². The smallest absolute Gasteiger partial charge is 0.298 e. The van der Waals surface area contributed by atoms with Crippen LogP contribution in [-0.2, 0) is 4.84 Å². The van der Waals surface area contributed by atoms with Crippen LogP contribution in [0.1, 0.15) is 15.9 Å². The third-order valence-corrected chi connectivity index (χ3v) is 3.03. The summed E-state index contributed by atoms with van der Waals surface area (Å²) >= 11 is 5.88. The van der Waals surface area contributed by atoms with E-state index in [-0.39, 0.29) is 5.03 Å². The normalized spacial score (nSPS) is 11.4. The fraction of sp³-hybridized carbons (Fsp3) is 0. The zero-order valence-electron chi connectivity index (χ0n) is 12.6. The molecule has 2 aromatic rings. The number of hydrogen-bond donors (Lipinski definition) is 1. The molecule has 0 atom stereocenters. The van der Waals surface area contributed by atoms with E-state index in [0.29, 0.717) is 0 Å². The Morgan fingerprint density at radius 3 is 2.32 bits per heavy atom. The Kier molecular flexibility index (Phi) is 6.36. The van der Waals surface area contributed by atoms with Crippen molar-refractivity contribution in [2.24, 2.45) is 5.16 Å². The second-order valence-corrected chi connectivity index (χ2v) is 5.04. The molecule has 0 aliphatic rings. The summed E-state index contributed by atoms with van der Waals surface area (Å²) in [5, 5.41) is 5.08. The summed E-state index contributed by atoms with van der Waals surface area (Å²) in [5.41, 5.74) is -0.0981. The molecular formula is C17H11ClF2N2O3. The second kappa shape index (κ2) is 8.70. The van der Waals surface area contributed by atoms with Crippen molar-refractivity contribution in [1.82, 2.24) is 5.32 Å². The van der Waals surface area contributed by atoms with Crippen LogP contribution in [0.5, 0.6) is 0 Å². The fourth-order valence-corrected chi connectivity index (χ4v) is 1.93. The van der Waals surface area contributed by atoms with Crippen LogP contribution in [0.15, 0.2) is 58.7 Å². The summed E-state index contributed by atoms with van der Waals surface area (Å²) in [5.74, 6) is -3.51. The summed E-state index contributed by atoms with van der Waals surface area (Å²) in [4.78, 5) is 27.4. The van der Waals surface area contributed by atoms with Gasteiger partial charge in [-0.1, -0.05) is 53.2 Å². The molecule has 2 aromatic carbocycles. The van der Waals surface area contributed by atoms with Crippen LogP contribution >= 0.6 is 11.6 Å². The summed E-state index contributed by atoms with van der Waals surface area (Å²) in [7, 11) is 0. The van der Waals surface area contributed by atoms with E-state index in [1.165, 1.54) is 0 Å². The Morgan fingerprint density at radius 2 is 1.68 bits per heavy atom. The number of rotatable bonds is 4. The number of carbonyl (C=O) groups excluding carboxylic acids is 2. The van der Waals surface area contributed by atoms with Gasteiger partial charge in [-0.25, -0.2) is 13.6 Å². The summed E-state index contributed by atoms with van der Waals surface area (Å²) in [6, 6.07) is 11.9. The fourth-order valence-electron chi connectivity index (χ4n) is 1.76. The highest BCUT2D eigenvalue weighted by Crippen LogP contribution is 2.12. The van der Waals surface area contributed by atoms with Crippen LogP contribution in [0.3, 0.4) is 0 Å². The van der Waals surface area contributed by atoms with Crippen molar-refractivity contribution in [1.29, 1.82) is 0 Å². The van der Waals surface area contributed by atoms with E-state index in [1.807, 2.05) is 18.2 Å². The molecule has 5 nitrogen and oxygen atoms in total. The largest absolute Gasteiger partial charge is 0.440 e. The number of benzene rings is 2. The molecule has 0 aliphatic carbocycles. The summed E-state index contributed by atoms with van der Waals surface area (Å²) in [6.07, 6.45) is 1.28. The van der Waals surface area contributed by atoms with Gasteiger partial charge in [0.15, 0.2) is 0 Å². The van der Waals surface area contributed by atoms with Gasteiger partial charge in [0.1, 0.15) is 17.2 Å². The standard InChI is InChI=1S/C17H11ClF2N2O3/c18-12(9-11-5-2-1-3-6-11)10-21-25-17(24)22-16(23)15-13(19)7-4-8-14(15)20/h1-10H,(H,22,23,24)/b12-9-,21-10+. The molecule has 0 fully saturated rings. The first-order valence-corrected chi connectivity index (χ1v) is 7.27. The molecule has 0 aliphatic heterocycles. The van der Waals surface area contributed by atoms with E-state index in [9.17, 15) is 18.4 Å². The van der Waals surface area contributed by atoms with Gasteiger partial charge in [0.25, 0.3) is 5.91 Å². The number of hydrogen-bond acceptors (Lipinski definition) is 4. The lowest BCUT2D eigenvalue weighted by Gasteiger charge is -2.04. The lowest BCUT2D eigenvalue weighted by molar-refractivity contribution is 0.0915. The zero-order chi connectivity index (χ0) is 18.2. The molecule has 0 saturated heterocycles. The molecule has 2 amide bonds. The molecule has 0 saturated carbocycles. The van der Waals surface area contributed by atoms with Crippen molar-refractivity contribution < 1.29 is 23.2 Å². The van der Waals surface area contributed by atoms with Gasteiger partial charge in [0.2, 0.25) is 0 Å². The molecule has 0 spiro atoms. The van der Waals surface area contributed by atoms with Gasteiger partial charge in [0.05, 0.1) is 11.2 Å². The first-order chi connectivity index (χ1) is 12.0. The van der Waals surface area contributed by atoms with Gasteiger partial charge in [0, 0.05) is 0 Å². The predicted octanol–water partition coefficient (Wildman–Crippen LogP) is 4.10. The van der Waals surface area contributed by atoms with E-state index in [4.69, 9.17) is 11.6 Å². The number of imide groups is 1. The highest BCUT2D eigenvalue weighted by molar-refractivity contribution is 6.41. The Balaban J connectivity index is 1.92. The van der Waals surface area contributed by atoms with Gasteiger partial charge in [-0.05, 0) is 23.8 Å². The molecule has 0 unspecified atom stereocenters. The number of halogens is 3. The van der Waals surface area contributed by atoms with E-state index >= 15 is 0 Å². The molecule has 128 valence electrons. The van der Waals surface area contributed by atoms with Crippen molar-refractivity contribution in [2.75, 3.05) is 0 Å². The van der Waals surface area contributed by atoms with Crippen molar-refractivity contribution in [3.8, 4) is 0 Å². The van der Waals surface area contributed by atoms with Crippen molar-refractivity contribution in [3.63, 3.8) is 0 Å². The molecule has 2 rings (SSSR count). The Labute approximate surface area is 146 Å². The summed E-state index contributed by atoms with van der Waals surface area (Å²) < 4.78 is 26.8. The number of nitrogens with zero attached hydrogens (tertiary/aromatic N) is 1. The minimum absolute atomic E-state index is 0.158. The maximum absolute atomic E-state index is 13.4. The van der Waals surface area contributed by atoms with Gasteiger partial charge in [-0.2, -0.15) is 0 Å². The van der Waals surface area contributed by atoms with Crippen LogP contribution < -0.4 is 5.32 Å². The van der Waals surface area contributed by atoms with Gasteiger partial charge < -0.3 is 0 Å². The molecule has 0 bridgehead atoms. The SMILES string of the molecule is O=C(NC(=O)c1c(F)cccc1F)O/N=C/C(Cl)=C/c1ccccc1.